The normalized spacial score (nSPS) is 16.3. The average molecular weight is 395 g/mol. The minimum Gasteiger partial charge on any atom is -0.494 e. The highest BCUT2D eigenvalue weighted by atomic mass is 19.1. The van der Waals surface area contributed by atoms with Gasteiger partial charge in [-0.2, -0.15) is 5.10 Å². The number of hydrogen-bond acceptors (Lipinski definition) is 4. The number of hydrogen-bond donors (Lipinski definition) is 1. The van der Waals surface area contributed by atoms with Crippen molar-refractivity contribution < 1.29 is 13.9 Å². The number of halogens is 1. The van der Waals surface area contributed by atoms with Crippen LogP contribution >= 0.6 is 0 Å². The van der Waals surface area contributed by atoms with Crippen molar-refractivity contribution in [1.82, 2.24) is 15.1 Å². The molecule has 4 rings (SSSR count). The van der Waals surface area contributed by atoms with Crippen LogP contribution in [0.3, 0.4) is 0 Å². The summed E-state index contributed by atoms with van der Waals surface area (Å²) in [6.07, 6.45) is 4.49. The van der Waals surface area contributed by atoms with Crippen LogP contribution in [0, 0.1) is 12.7 Å². The number of nitrogens with one attached hydrogen (secondary N) is 1. The van der Waals surface area contributed by atoms with Crippen molar-refractivity contribution in [3.63, 3.8) is 0 Å². The van der Waals surface area contributed by atoms with E-state index < -0.39 is 5.82 Å². The molecule has 1 N–H and O–H groups in total. The Balaban J connectivity index is 1.65. The Kier molecular flexibility index (Phi) is 5.92. The van der Waals surface area contributed by atoms with Gasteiger partial charge in [-0.15, -0.1) is 0 Å². The van der Waals surface area contributed by atoms with Crippen LogP contribution in [-0.2, 0) is 11.3 Å². The average Bonchev–Trinajstić information content (AvgIpc) is 3.38. The minimum atomic E-state index is -0.395. The van der Waals surface area contributed by atoms with E-state index in [1.807, 2.05) is 35.1 Å². The zero-order chi connectivity index (χ0) is 20.2. The van der Waals surface area contributed by atoms with Crippen LogP contribution in [-0.4, -0.2) is 36.1 Å². The van der Waals surface area contributed by atoms with Crippen LogP contribution in [0.15, 0.2) is 48.7 Å². The van der Waals surface area contributed by atoms with Crippen molar-refractivity contribution in [3.8, 4) is 22.7 Å². The predicted molar refractivity (Wildman–Crippen MR) is 111 cm³/mol. The van der Waals surface area contributed by atoms with Gasteiger partial charge in [0, 0.05) is 37.0 Å². The molecule has 1 aromatic heterocycles. The quantitative estimate of drug-likeness (QED) is 0.649. The number of methoxy groups -OCH3 is 1. The van der Waals surface area contributed by atoms with Crippen molar-refractivity contribution >= 4 is 0 Å². The fourth-order valence-electron chi connectivity index (χ4n) is 3.71. The van der Waals surface area contributed by atoms with E-state index in [1.54, 1.807) is 6.07 Å². The maximum Gasteiger partial charge on any atom is 0.165 e. The van der Waals surface area contributed by atoms with E-state index in [1.165, 1.54) is 13.2 Å². The highest BCUT2D eigenvalue weighted by Gasteiger charge is 2.18. The Morgan fingerprint density at radius 3 is 2.86 bits per heavy atom. The third kappa shape index (κ3) is 4.33. The van der Waals surface area contributed by atoms with Gasteiger partial charge in [0.1, 0.15) is 0 Å². The maximum absolute atomic E-state index is 14.3. The van der Waals surface area contributed by atoms with E-state index in [4.69, 9.17) is 14.6 Å². The van der Waals surface area contributed by atoms with Crippen LogP contribution in [0.1, 0.15) is 24.0 Å². The van der Waals surface area contributed by atoms with E-state index in [2.05, 4.69) is 18.3 Å². The lowest BCUT2D eigenvalue weighted by atomic mass is 10.1. The molecule has 1 atom stereocenters. The number of ether oxygens (including phenoxy) is 2. The molecule has 0 saturated carbocycles. The van der Waals surface area contributed by atoms with Gasteiger partial charge in [-0.1, -0.05) is 18.2 Å². The van der Waals surface area contributed by atoms with Crippen LogP contribution in [0.2, 0.25) is 0 Å². The summed E-state index contributed by atoms with van der Waals surface area (Å²) < 4.78 is 26.9. The second-order valence-corrected chi connectivity index (χ2v) is 7.35. The monoisotopic (exact) mass is 395 g/mol. The highest BCUT2D eigenvalue weighted by molar-refractivity contribution is 5.64. The summed E-state index contributed by atoms with van der Waals surface area (Å²) in [4.78, 5) is 0. The number of para-hydroxylation sites is 1. The molecular weight excluding hydrogens is 369 g/mol. The van der Waals surface area contributed by atoms with Gasteiger partial charge in [0.25, 0.3) is 0 Å². The Morgan fingerprint density at radius 2 is 2.14 bits per heavy atom. The molecule has 2 heterocycles. The SMILES string of the molecule is COc1ccc(-c2nn(-c3ccccc3C)cc2CNC[C@@H]2CCCO2)cc1F. The minimum absolute atomic E-state index is 0.227. The Hall–Kier alpha value is -2.70. The zero-order valence-corrected chi connectivity index (χ0v) is 16.8. The number of benzene rings is 2. The second kappa shape index (κ2) is 8.76. The molecule has 1 fully saturated rings. The first-order chi connectivity index (χ1) is 14.2. The van der Waals surface area contributed by atoms with Gasteiger partial charge >= 0.3 is 0 Å². The molecule has 2 aromatic carbocycles. The fourth-order valence-corrected chi connectivity index (χ4v) is 3.71. The lowest BCUT2D eigenvalue weighted by Gasteiger charge is -2.11. The lowest BCUT2D eigenvalue weighted by molar-refractivity contribution is 0.110. The smallest absolute Gasteiger partial charge is 0.165 e. The van der Waals surface area contributed by atoms with E-state index in [9.17, 15) is 4.39 Å². The van der Waals surface area contributed by atoms with Crippen LogP contribution in [0.4, 0.5) is 4.39 Å². The summed E-state index contributed by atoms with van der Waals surface area (Å²) in [5.41, 5.74) is 4.63. The van der Waals surface area contributed by atoms with E-state index in [0.717, 1.165) is 54.1 Å². The number of aryl methyl sites for hydroxylation is 1. The summed E-state index contributed by atoms with van der Waals surface area (Å²) in [6, 6.07) is 13.0. The van der Waals surface area contributed by atoms with Crippen molar-refractivity contribution in [1.29, 1.82) is 0 Å². The largest absolute Gasteiger partial charge is 0.494 e. The second-order valence-electron chi connectivity index (χ2n) is 7.35. The van der Waals surface area contributed by atoms with Crippen molar-refractivity contribution in [2.24, 2.45) is 0 Å². The number of aromatic nitrogens is 2. The first-order valence-corrected chi connectivity index (χ1v) is 9.96. The Labute approximate surface area is 170 Å². The molecule has 3 aromatic rings. The van der Waals surface area contributed by atoms with E-state index in [0.29, 0.717) is 6.54 Å². The van der Waals surface area contributed by atoms with Crippen LogP contribution in [0.25, 0.3) is 16.9 Å². The Morgan fingerprint density at radius 1 is 1.28 bits per heavy atom. The van der Waals surface area contributed by atoms with Gasteiger partial charge in [-0.3, -0.25) is 0 Å². The zero-order valence-electron chi connectivity index (χ0n) is 16.8. The molecular formula is C23H26FN3O2. The molecule has 29 heavy (non-hydrogen) atoms. The van der Waals surface area contributed by atoms with Crippen molar-refractivity contribution in [3.05, 3.63) is 65.6 Å². The van der Waals surface area contributed by atoms with E-state index in [-0.39, 0.29) is 11.9 Å². The Bertz CT molecular complexity index is 980. The summed E-state index contributed by atoms with van der Waals surface area (Å²) in [7, 11) is 1.46. The first-order valence-electron chi connectivity index (χ1n) is 9.96. The highest BCUT2D eigenvalue weighted by Crippen LogP contribution is 2.28. The standard InChI is InChI=1S/C23H26FN3O2/c1-16-6-3-4-8-21(16)27-15-18(13-25-14-19-7-5-11-29-19)23(26-27)17-9-10-22(28-2)20(24)12-17/h3-4,6,8-10,12,15,19,25H,5,7,11,13-14H2,1-2H3/t19-/m0/s1. The maximum atomic E-state index is 14.3. The number of rotatable bonds is 7. The summed E-state index contributed by atoms with van der Waals surface area (Å²) in [5, 5.41) is 8.27. The first kappa shape index (κ1) is 19.6. The molecule has 0 spiro atoms. The molecule has 1 aliphatic heterocycles. The van der Waals surface area contributed by atoms with Crippen LogP contribution < -0.4 is 10.1 Å². The molecule has 152 valence electrons. The summed E-state index contributed by atoms with van der Waals surface area (Å²) >= 11 is 0. The summed E-state index contributed by atoms with van der Waals surface area (Å²) in [6.45, 7) is 4.33. The van der Waals surface area contributed by atoms with Crippen molar-refractivity contribution in [2.75, 3.05) is 20.3 Å². The van der Waals surface area contributed by atoms with Gasteiger partial charge in [-0.05, 0) is 49.6 Å². The van der Waals surface area contributed by atoms with Crippen molar-refractivity contribution in [2.45, 2.75) is 32.4 Å². The fraction of sp³-hybridized carbons (Fsp3) is 0.348. The third-order valence-electron chi connectivity index (χ3n) is 5.29. The molecule has 0 radical (unpaired) electrons. The van der Waals surface area contributed by atoms with Gasteiger partial charge in [-0.25, -0.2) is 9.07 Å². The number of nitrogens with zero attached hydrogens (tertiary/aromatic N) is 2. The molecule has 0 bridgehead atoms. The summed E-state index contributed by atoms with van der Waals surface area (Å²) in [5.74, 6) is -0.168. The molecule has 0 aliphatic carbocycles. The lowest BCUT2D eigenvalue weighted by Crippen LogP contribution is -2.25. The molecule has 5 nitrogen and oxygen atoms in total. The topological polar surface area (TPSA) is 48.3 Å². The molecule has 0 amide bonds. The molecule has 1 saturated heterocycles. The predicted octanol–water partition coefficient (Wildman–Crippen LogP) is 4.26. The van der Waals surface area contributed by atoms with E-state index >= 15 is 0 Å². The van der Waals surface area contributed by atoms with Crippen LogP contribution in [0.5, 0.6) is 5.75 Å². The van der Waals surface area contributed by atoms with Gasteiger partial charge in [0.05, 0.1) is 24.6 Å². The third-order valence-corrected chi connectivity index (χ3v) is 5.29. The van der Waals surface area contributed by atoms with Gasteiger partial charge < -0.3 is 14.8 Å². The molecule has 1 aliphatic rings. The molecule has 6 heteroatoms. The molecule has 0 unspecified atom stereocenters. The van der Waals surface area contributed by atoms with Gasteiger partial charge in [0.2, 0.25) is 0 Å². The van der Waals surface area contributed by atoms with Gasteiger partial charge in [0.15, 0.2) is 11.6 Å².